The number of hydrogen-bond acceptors (Lipinski definition) is 4. The summed E-state index contributed by atoms with van der Waals surface area (Å²) < 4.78 is 5.55. The zero-order valence-electron chi connectivity index (χ0n) is 11.7. The van der Waals surface area contributed by atoms with Crippen LogP contribution in [0.5, 0.6) is 5.75 Å². The third-order valence-electron chi connectivity index (χ3n) is 3.48. The monoisotopic (exact) mass is 293 g/mol. The predicted molar refractivity (Wildman–Crippen MR) is 76.5 cm³/mol. The van der Waals surface area contributed by atoms with Crippen molar-refractivity contribution >= 4 is 17.6 Å². The van der Waals surface area contributed by atoms with E-state index in [0.717, 1.165) is 25.9 Å². The van der Waals surface area contributed by atoms with Crippen LogP contribution < -0.4 is 5.32 Å². The first-order valence-electron chi connectivity index (χ1n) is 7.04. The van der Waals surface area contributed by atoms with E-state index < -0.39 is 5.97 Å². The van der Waals surface area contributed by atoms with E-state index in [1.54, 1.807) is 0 Å². The molecule has 2 rings (SSSR count). The lowest BCUT2D eigenvalue weighted by atomic mass is 10.0. The average Bonchev–Trinajstić information content (AvgIpc) is 2.48. The van der Waals surface area contributed by atoms with Crippen molar-refractivity contribution in [2.24, 2.45) is 0 Å². The standard InChI is InChI=1S/C15H19NO5/c17-13-6-4-10(15(19)20)9-12(13)16-14(18)7-5-11-3-1-2-8-21-11/h4,6,9,11,17H,1-3,5,7-8H2,(H,16,18)(H,19,20). The number of anilines is 1. The van der Waals surface area contributed by atoms with Crippen LogP contribution in [0.15, 0.2) is 18.2 Å². The Kier molecular flexibility index (Phi) is 5.16. The fraction of sp³-hybridized carbons (Fsp3) is 0.467. The number of phenolic OH excluding ortho intramolecular Hbond substituents is 1. The van der Waals surface area contributed by atoms with Gasteiger partial charge in [0.1, 0.15) is 5.75 Å². The van der Waals surface area contributed by atoms with Gasteiger partial charge in [-0.2, -0.15) is 0 Å². The lowest BCUT2D eigenvalue weighted by Crippen LogP contribution is -2.21. The van der Waals surface area contributed by atoms with Crippen molar-refractivity contribution < 1.29 is 24.5 Å². The number of phenols is 1. The molecule has 0 saturated carbocycles. The highest BCUT2D eigenvalue weighted by Crippen LogP contribution is 2.25. The van der Waals surface area contributed by atoms with Crippen LogP contribution >= 0.6 is 0 Å². The van der Waals surface area contributed by atoms with Crippen molar-refractivity contribution in [3.63, 3.8) is 0 Å². The summed E-state index contributed by atoms with van der Waals surface area (Å²) in [4.78, 5) is 22.7. The normalized spacial score (nSPS) is 18.2. The average molecular weight is 293 g/mol. The number of carbonyl (C=O) groups is 2. The van der Waals surface area contributed by atoms with Crippen LogP contribution in [0.4, 0.5) is 5.69 Å². The maximum Gasteiger partial charge on any atom is 0.335 e. The highest BCUT2D eigenvalue weighted by Gasteiger charge is 2.16. The Bertz CT molecular complexity index is 523. The fourth-order valence-electron chi connectivity index (χ4n) is 2.31. The lowest BCUT2D eigenvalue weighted by Gasteiger charge is -2.22. The number of carboxylic acid groups (broad SMARTS) is 1. The van der Waals surface area contributed by atoms with E-state index in [1.807, 2.05) is 0 Å². The van der Waals surface area contributed by atoms with E-state index in [1.165, 1.54) is 18.2 Å². The molecule has 0 spiro atoms. The smallest absolute Gasteiger partial charge is 0.335 e. The van der Waals surface area contributed by atoms with Gasteiger partial charge in [0.05, 0.1) is 17.4 Å². The number of carboxylic acids is 1. The number of nitrogens with one attached hydrogen (secondary N) is 1. The van der Waals surface area contributed by atoms with Gasteiger partial charge in [-0.1, -0.05) is 0 Å². The van der Waals surface area contributed by atoms with Crippen molar-refractivity contribution in [2.75, 3.05) is 11.9 Å². The molecular formula is C15H19NO5. The summed E-state index contributed by atoms with van der Waals surface area (Å²) in [6.07, 6.45) is 4.18. The number of benzene rings is 1. The van der Waals surface area contributed by atoms with Crippen molar-refractivity contribution in [3.05, 3.63) is 23.8 Å². The van der Waals surface area contributed by atoms with Crippen LogP contribution in [0.2, 0.25) is 0 Å². The van der Waals surface area contributed by atoms with Gasteiger partial charge in [0.15, 0.2) is 0 Å². The molecule has 114 valence electrons. The van der Waals surface area contributed by atoms with Gasteiger partial charge in [0.25, 0.3) is 0 Å². The van der Waals surface area contributed by atoms with Crippen LogP contribution in [0.25, 0.3) is 0 Å². The molecule has 1 unspecified atom stereocenters. The van der Waals surface area contributed by atoms with Crippen molar-refractivity contribution in [1.82, 2.24) is 0 Å². The molecule has 0 radical (unpaired) electrons. The molecule has 0 aliphatic carbocycles. The Labute approximate surface area is 122 Å². The van der Waals surface area contributed by atoms with Gasteiger partial charge in [-0.3, -0.25) is 4.79 Å². The first kappa shape index (κ1) is 15.3. The second-order valence-electron chi connectivity index (χ2n) is 5.11. The summed E-state index contributed by atoms with van der Waals surface area (Å²) in [5, 5.41) is 21.1. The molecule has 1 aromatic carbocycles. The summed E-state index contributed by atoms with van der Waals surface area (Å²) in [7, 11) is 0. The molecule has 1 aliphatic heterocycles. The minimum absolute atomic E-state index is 0.0127. The van der Waals surface area contributed by atoms with Gasteiger partial charge in [-0.15, -0.1) is 0 Å². The number of hydrogen-bond donors (Lipinski definition) is 3. The molecule has 1 aliphatic rings. The van der Waals surface area contributed by atoms with Crippen LogP contribution in [0.1, 0.15) is 42.5 Å². The summed E-state index contributed by atoms with van der Waals surface area (Å²) in [6.45, 7) is 0.744. The van der Waals surface area contributed by atoms with Crippen LogP contribution in [-0.2, 0) is 9.53 Å². The topological polar surface area (TPSA) is 95.9 Å². The second-order valence-corrected chi connectivity index (χ2v) is 5.11. The van der Waals surface area contributed by atoms with Gasteiger partial charge in [0.2, 0.25) is 5.91 Å². The van der Waals surface area contributed by atoms with Gasteiger partial charge < -0.3 is 20.3 Å². The molecule has 6 nitrogen and oxygen atoms in total. The third kappa shape index (κ3) is 4.46. The summed E-state index contributed by atoms with van der Waals surface area (Å²) >= 11 is 0. The first-order chi connectivity index (χ1) is 10.1. The number of amides is 1. The lowest BCUT2D eigenvalue weighted by molar-refractivity contribution is -0.117. The Hall–Kier alpha value is -2.08. The molecule has 1 aromatic rings. The molecule has 0 bridgehead atoms. The summed E-state index contributed by atoms with van der Waals surface area (Å²) in [6, 6.07) is 3.78. The number of aromatic hydroxyl groups is 1. The molecule has 0 aromatic heterocycles. The minimum Gasteiger partial charge on any atom is -0.506 e. The molecule has 1 amide bonds. The highest BCUT2D eigenvalue weighted by molar-refractivity contribution is 5.95. The second kappa shape index (κ2) is 7.08. The maximum atomic E-state index is 11.9. The Morgan fingerprint density at radius 3 is 2.81 bits per heavy atom. The Morgan fingerprint density at radius 2 is 2.14 bits per heavy atom. The summed E-state index contributed by atoms with van der Waals surface area (Å²) in [5.41, 5.74) is 0.128. The fourth-order valence-corrected chi connectivity index (χ4v) is 2.31. The van der Waals surface area contributed by atoms with Crippen molar-refractivity contribution in [2.45, 2.75) is 38.2 Å². The third-order valence-corrected chi connectivity index (χ3v) is 3.48. The zero-order chi connectivity index (χ0) is 15.2. The Morgan fingerprint density at radius 1 is 1.33 bits per heavy atom. The molecule has 3 N–H and O–H groups in total. The predicted octanol–water partition coefficient (Wildman–Crippen LogP) is 2.38. The van der Waals surface area contributed by atoms with E-state index in [0.29, 0.717) is 6.42 Å². The van der Waals surface area contributed by atoms with Gasteiger partial charge in [0, 0.05) is 13.0 Å². The van der Waals surface area contributed by atoms with Crippen molar-refractivity contribution in [1.29, 1.82) is 0 Å². The number of carbonyl (C=O) groups excluding carboxylic acids is 1. The number of ether oxygens (including phenoxy) is 1. The zero-order valence-corrected chi connectivity index (χ0v) is 11.7. The maximum absolute atomic E-state index is 11.9. The SMILES string of the molecule is O=C(CCC1CCCCO1)Nc1cc(C(=O)O)ccc1O. The van der Waals surface area contributed by atoms with E-state index in [2.05, 4.69) is 5.32 Å². The molecule has 21 heavy (non-hydrogen) atoms. The van der Waals surface area contributed by atoms with Crippen LogP contribution in [0, 0.1) is 0 Å². The van der Waals surface area contributed by atoms with Gasteiger partial charge >= 0.3 is 5.97 Å². The minimum atomic E-state index is -1.11. The van der Waals surface area contributed by atoms with Crippen LogP contribution in [-0.4, -0.2) is 34.8 Å². The Balaban J connectivity index is 1.89. The van der Waals surface area contributed by atoms with Crippen molar-refractivity contribution in [3.8, 4) is 5.75 Å². The number of aromatic carboxylic acids is 1. The first-order valence-corrected chi connectivity index (χ1v) is 7.04. The highest BCUT2D eigenvalue weighted by atomic mass is 16.5. The molecule has 1 saturated heterocycles. The molecule has 1 heterocycles. The van der Waals surface area contributed by atoms with Crippen LogP contribution in [0.3, 0.4) is 0 Å². The largest absolute Gasteiger partial charge is 0.506 e. The quantitative estimate of drug-likeness (QED) is 0.724. The van der Waals surface area contributed by atoms with E-state index >= 15 is 0 Å². The van der Waals surface area contributed by atoms with Gasteiger partial charge in [-0.25, -0.2) is 4.79 Å². The van der Waals surface area contributed by atoms with E-state index in [9.17, 15) is 14.7 Å². The van der Waals surface area contributed by atoms with E-state index in [-0.39, 0.29) is 35.4 Å². The summed E-state index contributed by atoms with van der Waals surface area (Å²) in [5.74, 6) is -1.52. The molecule has 1 fully saturated rings. The number of rotatable bonds is 5. The molecule has 6 heteroatoms. The van der Waals surface area contributed by atoms with E-state index in [4.69, 9.17) is 9.84 Å². The molecule has 1 atom stereocenters. The van der Waals surface area contributed by atoms with Gasteiger partial charge in [-0.05, 0) is 43.9 Å². The molecular weight excluding hydrogens is 274 g/mol.